The van der Waals surface area contributed by atoms with Crippen LogP contribution in [0.15, 0.2) is 36.5 Å². The minimum Gasteiger partial charge on any atom is -0.349 e. The summed E-state index contributed by atoms with van der Waals surface area (Å²) in [6.45, 7) is 2.75. The zero-order valence-electron chi connectivity index (χ0n) is 14.6. The number of aromatic nitrogens is 2. The highest BCUT2D eigenvalue weighted by molar-refractivity contribution is 5.95. The van der Waals surface area contributed by atoms with E-state index in [9.17, 15) is 4.79 Å². The van der Waals surface area contributed by atoms with Gasteiger partial charge in [0.25, 0.3) is 5.91 Å². The van der Waals surface area contributed by atoms with Gasteiger partial charge in [-0.05, 0) is 37.7 Å². The molecule has 1 saturated carbocycles. The summed E-state index contributed by atoms with van der Waals surface area (Å²) in [6, 6.07) is 10.7. The van der Waals surface area contributed by atoms with Gasteiger partial charge in [-0.1, -0.05) is 37.3 Å². The van der Waals surface area contributed by atoms with Crippen LogP contribution in [0, 0.1) is 0 Å². The Bertz CT molecular complexity index is 678. The van der Waals surface area contributed by atoms with Gasteiger partial charge in [0, 0.05) is 12.1 Å². The summed E-state index contributed by atoms with van der Waals surface area (Å²) in [5.41, 5.74) is 8.81. The van der Waals surface area contributed by atoms with Crippen LogP contribution in [0.5, 0.6) is 0 Å². The van der Waals surface area contributed by atoms with Gasteiger partial charge in [-0.2, -0.15) is 5.10 Å². The molecule has 6 heteroatoms. The molecule has 0 unspecified atom stereocenters. The van der Waals surface area contributed by atoms with Crippen molar-refractivity contribution in [3.05, 3.63) is 53.3 Å². The van der Waals surface area contributed by atoms with E-state index in [1.807, 2.05) is 22.9 Å². The van der Waals surface area contributed by atoms with E-state index in [1.54, 1.807) is 6.20 Å². The molecular weight excluding hydrogens is 336 g/mol. The fraction of sp³-hybridized carbons (Fsp3) is 0.474. The molecule has 0 spiro atoms. The van der Waals surface area contributed by atoms with Crippen LogP contribution in [0.1, 0.15) is 54.2 Å². The smallest absolute Gasteiger partial charge is 0.254 e. The highest BCUT2D eigenvalue weighted by Crippen LogP contribution is 2.18. The lowest BCUT2D eigenvalue weighted by molar-refractivity contribution is 0.0925. The van der Waals surface area contributed by atoms with Crippen LogP contribution in [0.2, 0.25) is 0 Å². The third kappa shape index (κ3) is 4.83. The van der Waals surface area contributed by atoms with Gasteiger partial charge in [0.2, 0.25) is 0 Å². The fourth-order valence-corrected chi connectivity index (χ4v) is 3.39. The number of hydrogen-bond acceptors (Lipinski definition) is 3. The van der Waals surface area contributed by atoms with Crippen LogP contribution in [-0.4, -0.2) is 27.8 Å². The number of nitrogens with two attached hydrogens (primary N) is 1. The Hall–Kier alpha value is -1.85. The summed E-state index contributed by atoms with van der Waals surface area (Å²) in [7, 11) is 0. The van der Waals surface area contributed by atoms with Crippen molar-refractivity contribution in [2.75, 3.05) is 0 Å². The van der Waals surface area contributed by atoms with E-state index in [1.165, 1.54) is 5.56 Å². The van der Waals surface area contributed by atoms with Gasteiger partial charge in [0.1, 0.15) is 0 Å². The number of halogens is 1. The Kier molecular flexibility index (Phi) is 7.02. The Morgan fingerprint density at radius 3 is 2.56 bits per heavy atom. The molecule has 0 aliphatic heterocycles. The normalized spacial score (nSPS) is 19.9. The van der Waals surface area contributed by atoms with Crippen LogP contribution < -0.4 is 11.1 Å². The molecule has 136 valence electrons. The molecule has 1 fully saturated rings. The predicted molar refractivity (Wildman–Crippen MR) is 102 cm³/mol. The summed E-state index contributed by atoms with van der Waals surface area (Å²) >= 11 is 0. The number of rotatable bonds is 5. The van der Waals surface area contributed by atoms with Crippen molar-refractivity contribution in [2.24, 2.45) is 5.73 Å². The van der Waals surface area contributed by atoms with E-state index in [2.05, 4.69) is 29.5 Å². The molecule has 25 heavy (non-hydrogen) atoms. The number of nitrogens with one attached hydrogen (secondary N) is 1. The molecule has 0 radical (unpaired) electrons. The molecular formula is C19H27ClN4O. The zero-order valence-corrected chi connectivity index (χ0v) is 15.5. The fourth-order valence-electron chi connectivity index (χ4n) is 3.39. The summed E-state index contributed by atoms with van der Waals surface area (Å²) in [5.74, 6) is -0.00775. The maximum atomic E-state index is 12.6. The van der Waals surface area contributed by atoms with Gasteiger partial charge in [0.05, 0.1) is 24.0 Å². The summed E-state index contributed by atoms with van der Waals surface area (Å²) in [6.07, 6.45) is 6.38. The second-order valence-electron chi connectivity index (χ2n) is 6.59. The van der Waals surface area contributed by atoms with Crippen molar-refractivity contribution >= 4 is 18.3 Å². The van der Waals surface area contributed by atoms with Crippen LogP contribution in [-0.2, 0) is 13.0 Å². The highest BCUT2D eigenvalue weighted by atomic mass is 35.5. The van der Waals surface area contributed by atoms with Crippen molar-refractivity contribution in [1.29, 1.82) is 0 Å². The monoisotopic (exact) mass is 362 g/mol. The first-order valence-electron chi connectivity index (χ1n) is 8.82. The van der Waals surface area contributed by atoms with Crippen molar-refractivity contribution in [1.82, 2.24) is 15.1 Å². The topological polar surface area (TPSA) is 72.9 Å². The maximum absolute atomic E-state index is 12.6. The first-order chi connectivity index (χ1) is 11.7. The molecule has 1 aliphatic rings. The van der Waals surface area contributed by atoms with Gasteiger partial charge in [-0.25, -0.2) is 0 Å². The van der Waals surface area contributed by atoms with E-state index in [0.717, 1.165) is 37.8 Å². The minimum atomic E-state index is -0.00775. The lowest BCUT2D eigenvalue weighted by Gasteiger charge is -2.26. The standard InChI is InChI=1S/C19H26N4O.ClH/c1-2-18-17(19(24)22-16-10-8-15(20)9-11-16)12-21-23(18)13-14-6-4-3-5-7-14;/h3-7,12,15-16H,2,8-11,13,20H2,1H3,(H,22,24);1H. The first-order valence-corrected chi connectivity index (χ1v) is 8.82. The Balaban J connectivity index is 0.00000225. The SMILES string of the molecule is CCc1c(C(=O)NC2CCC(N)CC2)cnn1Cc1ccccc1.Cl. The molecule has 1 aromatic carbocycles. The number of benzene rings is 1. The Morgan fingerprint density at radius 2 is 1.92 bits per heavy atom. The Labute approximate surface area is 155 Å². The second-order valence-corrected chi connectivity index (χ2v) is 6.59. The van der Waals surface area contributed by atoms with E-state index in [0.29, 0.717) is 12.1 Å². The quantitative estimate of drug-likeness (QED) is 0.858. The third-order valence-electron chi connectivity index (χ3n) is 4.81. The second kappa shape index (κ2) is 9.02. The zero-order chi connectivity index (χ0) is 16.9. The molecule has 0 saturated heterocycles. The first kappa shape index (κ1) is 19.5. The van der Waals surface area contributed by atoms with Crippen LogP contribution in [0.3, 0.4) is 0 Å². The van der Waals surface area contributed by atoms with Crippen LogP contribution >= 0.6 is 12.4 Å². The number of carbonyl (C=O) groups excluding carboxylic acids is 1. The molecule has 5 nitrogen and oxygen atoms in total. The van der Waals surface area contributed by atoms with Gasteiger partial charge in [0.15, 0.2) is 0 Å². The van der Waals surface area contributed by atoms with E-state index < -0.39 is 0 Å². The highest BCUT2D eigenvalue weighted by Gasteiger charge is 2.23. The number of nitrogens with zero attached hydrogens (tertiary/aromatic N) is 2. The van der Waals surface area contributed by atoms with Crippen molar-refractivity contribution in [3.8, 4) is 0 Å². The van der Waals surface area contributed by atoms with Crippen LogP contribution in [0.4, 0.5) is 0 Å². The average Bonchev–Trinajstić information content (AvgIpc) is 3.00. The molecule has 1 aliphatic carbocycles. The number of carbonyl (C=O) groups is 1. The minimum absolute atomic E-state index is 0. The summed E-state index contributed by atoms with van der Waals surface area (Å²) < 4.78 is 1.93. The Morgan fingerprint density at radius 1 is 1.24 bits per heavy atom. The summed E-state index contributed by atoms with van der Waals surface area (Å²) in [4.78, 5) is 12.6. The molecule has 1 aromatic heterocycles. The van der Waals surface area contributed by atoms with E-state index >= 15 is 0 Å². The lowest BCUT2D eigenvalue weighted by Crippen LogP contribution is -2.40. The van der Waals surface area contributed by atoms with E-state index in [-0.39, 0.29) is 30.4 Å². The van der Waals surface area contributed by atoms with Crippen LogP contribution in [0.25, 0.3) is 0 Å². The number of hydrogen-bond donors (Lipinski definition) is 2. The lowest BCUT2D eigenvalue weighted by atomic mass is 9.91. The average molecular weight is 363 g/mol. The van der Waals surface area contributed by atoms with Crippen molar-refractivity contribution in [3.63, 3.8) is 0 Å². The van der Waals surface area contributed by atoms with Crippen molar-refractivity contribution in [2.45, 2.75) is 57.7 Å². The maximum Gasteiger partial charge on any atom is 0.254 e. The predicted octanol–water partition coefficient (Wildman–Crippen LogP) is 2.92. The molecule has 2 aromatic rings. The van der Waals surface area contributed by atoms with Crippen molar-refractivity contribution < 1.29 is 4.79 Å². The third-order valence-corrected chi connectivity index (χ3v) is 4.81. The molecule has 3 rings (SSSR count). The molecule has 0 atom stereocenters. The molecule has 0 bridgehead atoms. The van der Waals surface area contributed by atoms with Gasteiger partial charge in [-0.15, -0.1) is 12.4 Å². The summed E-state index contributed by atoms with van der Waals surface area (Å²) in [5, 5.41) is 7.60. The molecule has 3 N–H and O–H groups in total. The molecule has 1 amide bonds. The number of amides is 1. The van der Waals surface area contributed by atoms with Gasteiger partial charge in [-0.3, -0.25) is 9.48 Å². The van der Waals surface area contributed by atoms with E-state index in [4.69, 9.17) is 5.73 Å². The molecule has 1 heterocycles. The van der Waals surface area contributed by atoms with Gasteiger partial charge < -0.3 is 11.1 Å². The van der Waals surface area contributed by atoms with Gasteiger partial charge >= 0.3 is 0 Å². The largest absolute Gasteiger partial charge is 0.349 e.